The third kappa shape index (κ3) is 5.19. The quantitative estimate of drug-likeness (QED) is 0.814. The highest BCUT2D eigenvalue weighted by atomic mass is 35.5. The van der Waals surface area contributed by atoms with E-state index in [1.54, 1.807) is 0 Å². The minimum Gasteiger partial charge on any atom is -0.325 e. The molecule has 1 saturated heterocycles. The van der Waals surface area contributed by atoms with Crippen LogP contribution in [0.5, 0.6) is 0 Å². The Morgan fingerprint density at radius 2 is 1.73 bits per heavy atom. The van der Waals surface area contributed by atoms with E-state index in [4.69, 9.17) is 5.73 Å². The van der Waals surface area contributed by atoms with E-state index in [0.29, 0.717) is 5.41 Å². The Balaban J connectivity index is 0.00000196. The summed E-state index contributed by atoms with van der Waals surface area (Å²) in [7, 11) is 0. The van der Waals surface area contributed by atoms with E-state index in [-0.39, 0.29) is 17.9 Å². The van der Waals surface area contributed by atoms with Crippen LogP contribution in [0.4, 0.5) is 0 Å². The lowest BCUT2D eigenvalue weighted by atomic mass is 9.86. The van der Waals surface area contributed by atoms with E-state index in [0.717, 1.165) is 12.8 Å². The van der Waals surface area contributed by atoms with Gasteiger partial charge in [-0.3, -0.25) is 0 Å². The number of hydrogen-bond donors (Lipinski definition) is 1. The van der Waals surface area contributed by atoms with Gasteiger partial charge in [0.2, 0.25) is 0 Å². The first kappa shape index (κ1) is 15.2. The summed E-state index contributed by atoms with van der Waals surface area (Å²) in [6, 6.07) is 0. The highest BCUT2D eigenvalue weighted by molar-refractivity contribution is 5.85. The van der Waals surface area contributed by atoms with Gasteiger partial charge in [0.05, 0.1) is 0 Å². The molecule has 0 spiro atoms. The third-order valence-electron chi connectivity index (χ3n) is 3.61. The van der Waals surface area contributed by atoms with Gasteiger partial charge in [0, 0.05) is 12.1 Å². The molecule has 15 heavy (non-hydrogen) atoms. The first-order chi connectivity index (χ1) is 6.35. The van der Waals surface area contributed by atoms with Crippen LogP contribution < -0.4 is 5.73 Å². The lowest BCUT2D eigenvalue weighted by Gasteiger charge is -2.40. The van der Waals surface area contributed by atoms with Crippen LogP contribution in [-0.2, 0) is 0 Å². The summed E-state index contributed by atoms with van der Waals surface area (Å²) in [5.74, 6) is 0. The number of halogens is 1. The minimum atomic E-state index is 0. The van der Waals surface area contributed by atoms with E-state index >= 15 is 0 Å². The number of nitrogens with zero attached hydrogens (tertiary/aromatic N) is 1. The molecule has 0 bridgehead atoms. The van der Waals surface area contributed by atoms with E-state index < -0.39 is 0 Å². The predicted octanol–water partition coefficient (Wildman–Crippen LogP) is 2.66. The van der Waals surface area contributed by atoms with Gasteiger partial charge in [-0.25, -0.2) is 0 Å². The van der Waals surface area contributed by atoms with Gasteiger partial charge in [-0.1, -0.05) is 20.8 Å². The van der Waals surface area contributed by atoms with Crippen LogP contribution in [0.25, 0.3) is 0 Å². The smallest absolute Gasteiger partial charge is 0.0150 e. The molecule has 0 atom stereocenters. The topological polar surface area (TPSA) is 29.3 Å². The Hall–Kier alpha value is 0.210. The van der Waals surface area contributed by atoms with Crippen molar-refractivity contribution in [3.63, 3.8) is 0 Å². The zero-order valence-corrected chi connectivity index (χ0v) is 11.5. The highest BCUT2D eigenvalue weighted by Crippen LogP contribution is 2.25. The van der Waals surface area contributed by atoms with Crippen molar-refractivity contribution in [1.29, 1.82) is 0 Å². The van der Waals surface area contributed by atoms with Gasteiger partial charge in [-0.15, -0.1) is 12.4 Å². The molecule has 0 aromatic rings. The molecule has 1 heterocycles. The molecule has 1 fully saturated rings. The predicted molar refractivity (Wildman–Crippen MR) is 69.6 cm³/mol. The van der Waals surface area contributed by atoms with E-state index in [2.05, 4.69) is 32.6 Å². The molecule has 0 amide bonds. The first-order valence-electron chi connectivity index (χ1n) is 5.86. The summed E-state index contributed by atoms with van der Waals surface area (Å²) in [5.41, 5.74) is 6.66. The average molecular weight is 235 g/mol. The van der Waals surface area contributed by atoms with Crippen molar-refractivity contribution in [2.75, 3.05) is 19.6 Å². The van der Waals surface area contributed by atoms with Gasteiger partial charge in [0.15, 0.2) is 0 Å². The second-order valence-electron chi connectivity index (χ2n) is 5.95. The van der Waals surface area contributed by atoms with E-state index in [1.165, 1.54) is 26.1 Å². The minimum absolute atomic E-state index is 0. The van der Waals surface area contributed by atoms with Crippen LogP contribution in [0.1, 0.15) is 47.0 Å². The Labute approximate surface area is 101 Å². The van der Waals surface area contributed by atoms with Gasteiger partial charge < -0.3 is 10.6 Å². The van der Waals surface area contributed by atoms with Crippen LogP contribution in [0.15, 0.2) is 0 Å². The van der Waals surface area contributed by atoms with Gasteiger partial charge in [0.25, 0.3) is 0 Å². The van der Waals surface area contributed by atoms with E-state index in [1.807, 2.05) is 0 Å². The lowest BCUT2D eigenvalue weighted by Crippen LogP contribution is -2.50. The Morgan fingerprint density at radius 3 is 2.13 bits per heavy atom. The molecule has 0 aromatic heterocycles. The molecule has 2 nitrogen and oxygen atoms in total. The van der Waals surface area contributed by atoms with Crippen LogP contribution in [-0.4, -0.2) is 30.1 Å². The second kappa shape index (κ2) is 5.51. The summed E-state index contributed by atoms with van der Waals surface area (Å²) >= 11 is 0. The average Bonchev–Trinajstić information content (AvgIpc) is 2.09. The van der Waals surface area contributed by atoms with Gasteiger partial charge in [-0.2, -0.15) is 0 Å². The van der Waals surface area contributed by atoms with Crippen molar-refractivity contribution in [2.45, 2.75) is 52.5 Å². The Kier molecular flexibility index (Phi) is 5.59. The Bertz CT molecular complexity index is 180. The van der Waals surface area contributed by atoms with Gasteiger partial charge in [-0.05, 0) is 44.7 Å². The first-order valence-corrected chi connectivity index (χ1v) is 5.86. The van der Waals surface area contributed by atoms with Crippen molar-refractivity contribution < 1.29 is 0 Å². The fourth-order valence-corrected chi connectivity index (χ4v) is 1.94. The van der Waals surface area contributed by atoms with Crippen LogP contribution >= 0.6 is 12.4 Å². The standard InChI is InChI=1S/C12H26N2.ClH/c1-5-11(2,3)10-14-8-6-12(4,13)7-9-14;/h5-10,13H2,1-4H3;1H. The maximum atomic E-state index is 6.11. The normalized spacial score (nSPS) is 22.2. The van der Waals surface area contributed by atoms with Crippen molar-refractivity contribution in [1.82, 2.24) is 4.90 Å². The number of likely N-dealkylation sites (tertiary alicyclic amines) is 1. The molecule has 0 unspecified atom stereocenters. The van der Waals surface area contributed by atoms with Crippen molar-refractivity contribution in [3.8, 4) is 0 Å². The van der Waals surface area contributed by atoms with E-state index in [9.17, 15) is 0 Å². The monoisotopic (exact) mass is 234 g/mol. The molecule has 1 rings (SSSR count). The second-order valence-corrected chi connectivity index (χ2v) is 5.95. The van der Waals surface area contributed by atoms with Gasteiger partial charge >= 0.3 is 0 Å². The molecular weight excluding hydrogens is 208 g/mol. The van der Waals surface area contributed by atoms with Crippen molar-refractivity contribution in [2.24, 2.45) is 11.1 Å². The summed E-state index contributed by atoms with van der Waals surface area (Å²) in [6.45, 7) is 12.7. The summed E-state index contributed by atoms with van der Waals surface area (Å²) in [4.78, 5) is 2.57. The molecule has 1 aliphatic rings. The van der Waals surface area contributed by atoms with Crippen molar-refractivity contribution >= 4 is 12.4 Å². The molecule has 92 valence electrons. The Morgan fingerprint density at radius 1 is 1.27 bits per heavy atom. The van der Waals surface area contributed by atoms with Crippen LogP contribution in [0.3, 0.4) is 0 Å². The van der Waals surface area contributed by atoms with Crippen LogP contribution in [0.2, 0.25) is 0 Å². The molecule has 0 saturated carbocycles. The number of piperidine rings is 1. The molecule has 1 aliphatic heterocycles. The molecule has 3 heteroatoms. The van der Waals surface area contributed by atoms with Crippen molar-refractivity contribution in [3.05, 3.63) is 0 Å². The largest absolute Gasteiger partial charge is 0.325 e. The molecule has 0 aromatic carbocycles. The third-order valence-corrected chi connectivity index (χ3v) is 3.61. The summed E-state index contributed by atoms with van der Waals surface area (Å²) in [5, 5.41) is 0. The highest BCUT2D eigenvalue weighted by Gasteiger charge is 2.28. The lowest BCUT2D eigenvalue weighted by molar-refractivity contribution is 0.119. The summed E-state index contributed by atoms with van der Waals surface area (Å²) < 4.78 is 0. The number of rotatable bonds is 3. The fourth-order valence-electron chi connectivity index (χ4n) is 1.94. The maximum absolute atomic E-state index is 6.11. The maximum Gasteiger partial charge on any atom is 0.0150 e. The number of nitrogens with two attached hydrogens (primary N) is 1. The SMILES string of the molecule is CCC(C)(C)CN1CCC(C)(N)CC1.Cl. The van der Waals surface area contributed by atoms with Gasteiger partial charge in [0.1, 0.15) is 0 Å². The zero-order valence-electron chi connectivity index (χ0n) is 10.7. The molecule has 0 aliphatic carbocycles. The zero-order chi connectivity index (χ0) is 10.8. The summed E-state index contributed by atoms with van der Waals surface area (Å²) in [6.07, 6.45) is 3.54. The number of hydrogen-bond acceptors (Lipinski definition) is 2. The molecule has 2 N–H and O–H groups in total. The fraction of sp³-hybridized carbons (Fsp3) is 1.00. The molecular formula is C12H27ClN2. The molecule has 0 radical (unpaired) electrons. The van der Waals surface area contributed by atoms with Crippen LogP contribution in [0, 0.1) is 5.41 Å².